The minimum absolute atomic E-state index is 0.0713. The summed E-state index contributed by atoms with van der Waals surface area (Å²) in [7, 11) is 0. The summed E-state index contributed by atoms with van der Waals surface area (Å²) in [5, 5.41) is 1.43. The van der Waals surface area contributed by atoms with E-state index in [9.17, 15) is 9.59 Å². The Hall–Kier alpha value is -4.01. The van der Waals surface area contributed by atoms with Crippen LogP contribution in [0.5, 0.6) is 0 Å². The largest absolute Gasteiger partial charge is 0.472 e. The first-order valence-electron chi connectivity index (χ1n) is 15.9. The lowest BCUT2D eigenvalue weighted by atomic mass is 9.86. The summed E-state index contributed by atoms with van der Waals surface area (Å²) in [4.78, 5) is 37.9. The van der Waals surface area contributed by atoms with Crippen molar-refractivity contribution in [3.8, 4) is 16.8 Å². The van der Waals surface area contributed by atoms with Crippen molar-refractivity contribution in [2.24, 2.45) is 11.3 Å². The van der Waals surface area contributed by atoms with Crippen LogP contribution in [0.2, 0.25) is 5.02 Å². The molecule has 3 aromatic carbocycles. The van der Waals surface area contributed by atoms with E-state index >= 15 is 0 Å². The quantitative estimate of drug-likeness (QED) is 0.125. The third-order valence-electron chi connectivity index (χ3n) is 9.27. The second-order valence-corrected chi connectivity index (χ2v) is 14.6. The highest BCUT2D eigenvalue weighted by molar-refractivity contribution is 8.00. The van der Waals surface area contributed by atoms with Crippen LogP contribution in [0.4, 0.5) is 5.69 Å². The third kappa shape index (κ3) is 6.08. The van der Waals surface area contributed by atoms with Gasteiger partial charge in [-0.15, -0.1) is 0 Å². The molecule has 0 aliphatic carbocycles. The Balaban J connectivity index is 1.19. The molecule has 1 amide bonds. The predicted octanol–water partition coefficient (Wildman–Crippen LogP) is 7.93. The fourth-order valence-corrected chi connectivity index (χ4v) is 8.53. The van der Waals surface area contributed by atoms with Crippen molar-refractivity contribution >= 4 is 45.9 Å². The van der Waals surface area contributed by atoms with Gasteiger partial charge in [0.25, 0.3) is 5.56 Å². The average molecular weight is 653 g/mol. The van der Waals surface area contributed by atoms with Crippen LogP contribution < -0.4 is 10.5 Å². The number of aromatic nitrogens is 2. The molecule has 2 unspecified atom stereocenters. The number of likely N-dealkylation sites (tertiary alicyclic amines) is 1. The maximum Gasteiger partial charge on any atom is 0.266 e. The van der Waals surface area contributed by atoms with Crippen molar-refractivity contribution in [2.75, 3.05) is 31.1 Å². The second-order valence-electron chi connectivity index (χ2n) is 13.0. The van der Waals surface area contributed by atoms with E-state index in [0.717, 1.165) is 60.9 Å². The summed E-state index contributed by atoms with van der Waals surface area (Å²) in [5.41, 5.74) is 4.24. The highest BCUT2D eigenvalue weighted by Crippen LogP contribution is 2.42. The maximum absolute atomic E-state index is 14.4. The van der Waals surface area contributed by atoms with Crippen molar-refractivity contribution in [3.05, 3.63) is 107 Å². The van der Waals surface area contributed by atoms with Gasteiger partial charge in [0.15, 0.2) is 5.16 Å². The maximum atomic E-state index is 14.4. The third-order valence-corrected chi connectivity index (χ3v) is 10.7. The molecule has 4 heterocycles. The zero-order chi connectivity index (χ0) is 31.8. The summed E-state index contributed by atoms with van der Waals surface area (Å²) >= 11 is 7.71. The Labute approximate surface area is 278 Å². The zero-order valence-electron chi connectivity index (χ0n) is 26.1. The monoisotopic (exact) mass is 652 g/mol. The van der Waals surface area contributed by atoms with Crippen LogP contribution in [0, 0.1) is 11.3 Å². The van der Waals surface area contributed by atoms with Gasteiger partial charge < -0.3 is 14.2 Å². The summed E-state index contributed by atoms with van der Waals surface area (Å²) < 4.78 is 6.99. The van der Waals surface area contributed by atoms with E-state index in [1.807, 2.05) is 72.8 Å². The van der Waals surface area contributed by atoms with Gasteiger partial charge in [0.2, 0.25) is 5.91 Å². The molecule has 7 rings (SSSR count). The molecule has 236 valence electrons. The zero-order valence-corrected chi connectivity index (χ0v) is 27.6. The minimum atomic E-state index is -0.378. The summed E-state index contributed by atoms with van der Waals surface area (Å²) in [5.74, 6) is 0.408. The van der Waals surface area contributed by atoms with Gasteiger partial charge in [-0.3, -0.25) is 14.2 Å². The number of hydrogen-bond acceptors (Lipinski definition) is 6. The van der Waals surface area contributed by atoms with Crippen LogP contribution >= 0.6 is 23.4 Å². The van der Waals surface area contributed by atoms with E-state index < -0.39 is 0 Å². The molecule has 1 spiro atoms. The molecule has 2 fully saturated rings. The summed E-state index contributed by atoms with van der Waals surface area (Å²) in [6.07, 6.45) is 6.03. The molecule has 5 aromatic rings. The lowest BCUT2D eigenvalue weighted by Gasteiger charge is -2.28. The Bertz CT molecular complexity index is 1940. The summed E-state index contributed by atoms with van der Waals surface area (Å²) in [6.45, 7) is 7.63. The van der Waals surface area contributed by atoms with Gasteiger partial charge in [0.1, 0.15) is 0 Å². The first kappa shape index (κ1) is 30.6. The van der Waals surface area contributed by atoms with Gasteiger partial charge >= 0.3 is 0 Å². The van der Waals surface area contributed by atoms with E-state index in [1.54, 1.807) is 17.1 Å². The molecular formula is C37H37ClN4O3S. The highest BCUT2D eigenvalue weighted by Gasteiger charge is 2.46. The van der Waals surface area contributed by atoms with Gasteiger partial charge in [-0.05, 0) is 79.3 Å². The van der Waals surface area contributed by atoms with Gasteiger partial charge in [0, 0.05) is 47.9 Å². The van der Waals surface area contributed by atoms with Crippen LogP contribution in [0.3, 0.4) is 0 Å². The summed E-state index contributed by atoms with van der Waals surface area (Å²) in [6, 6.07) is 25.2. The number of thioether (sulfide) groups is 1. The van der Waals surface area contributed by atoms with Crippen molar-refractivity contribution in [1.29, 1.82) is 0 Å². The SMILES string of the molecule is CC(C)CC(Sc1nc2ccccc2c(=O)n1-c1cccc(-c2ccoc2)c1)C(=O)N1CCC2(CCN(c3cccc(Cl)c3)C2)C1. The van der Waals surface area contributed by atoms with Crippen LogP contribution in [0.25, 0.3) is 27.7 Å². The van der Waals surface area contributed by atoms with Gasteiger partial charge in [-0.2, -0.15) is 0 Å². The molecule has 0 N–H and O–H groups in total. The Morgan fingerprint density at radius 2 is 1.76 bits per heavy atom. The number of rotatable bonds is 8. The number of carbonyl (C=O) groups is 1. The molecule has 2 aromatic heterocycles. The molecule has 0 saturated carbocycles. The van der Waals surface area contributed by atoms with E-state index in [2.05, 4.69) is 29.7 Å². The van der Waals surface area contributed by atoms with E-state index in [4.69, 9.17) is 21.0 Å². The van der Waals surface area contributed by atoms with E-state index in [0.29, 0.717) is 28.2 Å². The van der Waals surface area contributed by atoms with Crippen LogP contribution in [0.1, 0.15) is 33.1 Å². The predicted molar refractivity (Wildman–Crippen MR) is 186 cm³/mol. The number of hydrogen-bond donors (Lipinski definition) is 0. The van der Waals surface area contributed by atoms with Crippen molar-refractivity contribution in [1.82, 2.24) is 14.5 Å². The molecule has 2 aliphatic heterocycles. The molecule has 0 bridgehead atoms. The van der Waals surface area contributed by atoms with Crippen molar-refractivity contribution in [3.63, 3.8) is 0 Å². The fraction of sp³-hybridized carbons (Fsp3) is 0.324. The Morgan fingerprint density at radius 1 is 0.957 bits per heavy atom. The lowest BCUT2D eigenvalue weighted by molar-refractivity contribution is -0.130. The van der Waals surface area contributed by atoms with Crippen LogP contribution in [0.15, 0.2) is 106 Å². The van der Waals surface area contributed by atoms with Gasteiger partial charge in [-0.1, -0.05) is 67.5 Å². The number of anilines is 1. The van der Waals surface area contributed by atoms with Gasteiger partial charge in [-0.25, -0.2) is 4.98 Å². The van der Waals surface area contributed by atoms with Gasteiger partial charge in [0.05, 0.1) is 34.4 Å². The number of furan rings is 1. The van der Waals surface area contributed by atoms with E-state index in [-0.39, 0.29) is 28.0 Å². The van der Waals surface area contributed by atoms with Crippen LogP contribution in [-0.4, -0.2) is 51.8 Å². The van der Waals surface area contributed by atoms with Crippen molar-refractivity contribution in [2.45, 2.75) is 43.5 Å². The van der Waals surface area contributed by atoms with E-state index in [1.165, 1.54) is 11.8 Å². The lowest BCUT2D eigenvalue weighted by Crippen LogP contribution is -2.39. The number of carbonyl (C=O) groups excluding carboxylic acids is 1. The number of para-hydroxylation sites is 1. The molecule has 2 atom stereocenters. The molecular weight excluding hydrogens is 616 g/mol. The average Bonchev–Trinajstić information content (AvgIpc) is 3.83. The number of fused-ring (bicyclic) bond motifs is 1. The van der Waals surface area contributed by atoms with Crippen molar-refractivity contribution < 1.29 is 9.21 Å². The molecule has 9 heteroatoms. The fourth-order valence-electron chi connectivity index (χ4n) is 6.92. The number of benzene rings is 3. The molecule has 7 nitrogen and oxygen atoms in total. The molecule has 46 heavy (non-hydrogen) atoms. The smallest absolute Gasteiger partial charge is 0.266 e. The second kappa shape index (κ2) is 12.6. The minimum Gasteiger partial charge on any atom is -0.472 e. The number of nitrogens with zero attached hydrogens (tertiary/aromatic N) is 4. The molecule has 2 aliphatic rings. The van der Waals surface area contributed by atoms with Crippen LogP contribution in [-0.2, 0) is 4.79 Å². The Kier molecular flexibility index (Phi) is 8.42. The first-order chi connectivity index (χ1) is 22.3. The first-order valence-corrected chi connectivity index (χ1v) is 17.2. The topological polar surface area (TPSA) is 71.6 Å². The number of halogens is 1. The standard InChI is InChI=1S/C37H37ClN4O3S/c1-25(2)19-33(35(44)41-17-15-37(24-41)14-16-40(23-37)29-9-6-8-28(38)21-29)46-36-39-32-12-4-3-11-31(32)34(43)42(36)30-10-5-7-26(20-30)27-13-18-45-22-27/h3-13,18,20-22,25,33H,14-17,19,23-24H2,1-2H3. The molecule has 2 saturated heterocycles. The number of amides is 1. The highest BCUT2D eigenvalue weighted by atomic mass is 35.5. The Morgan fingerprint density at radius 3 is 2.57 bits per heavy atom. The molecule has 0 radical (unpaired) electrons. The normalized spacial score (nSPS) is 18.7.